The summed E-state index contributed by atoms with van der Waals surface area (Å²) in [6, 6.07) is 1.50. The number of aromatic nitrogens is 1. The lowest BCUT2D eigenvalue weighted by atomic mass is 10.1. The van der Waals surface area contributed by atoms with Gasteiger partial charge in [-0.15, -0.1) is 0 Å². The molecule has 1 amide bonds. The molecule has 0 bridgehead atoms. The Hall–Kier alpha value is -0.750. The molecule has 0 atom stereocenters. The van der Waals surface area contributed by atoms with E-state index in [9.17, 15) is 13.6 Å². The lowest BCUT2D eigenvalue weighted by Crippen LogP contribution is -2.58. The second kappa shape index (κ2) is 3.92. The highest BCUT2D eigenvalue weighted by atomic mass is 79.9. The molecule has 86 valence electrons. The monoisotopic (exact) mass is 310 g/mol. The van der Waals surface area contributed by atoms with Crippen LogP contribution >= 0.6 is 27.5 Å². The van der Waals surface area contributed by atoms with Crippen molar-refractivity contribution in [3.05, 3.63) is 27.5 Å². The molecule has 1 aliphatic rings. The fraction of sp³-hybridized carbons (Fsp3) is 0.333. The molecule has 1 aromatic rings. The molecule has 7 heteroatoms. The minimum atomic E-state index is -2.78. The standard InChI is InChI=1S/C9H6BrClF2N2O/c10-5-1-6(11)7(14-2-5)8(16)15-3-9(12,13)4-15/h1-2H,3-4H2. The molecule has 2 rings (SSSR count). The van der Waals surface area contributed by atoms with Gasteiger partial charge in [-0.05, 0) is 22.0 Å². The molecule has 1 fully saturated rings. The Morgan fingerprint density at radius 1 is 1.56 bits per heavy atom. The number of hydrogen-bond acceptors (Lipinski definition) is 2. The van der Waals surface area contributed by atoms with Gasteiger partial charge in [-0.3, -0.25) is 4.79 Å². The minimum Gasteiger partial charge on any atom is -0.325 e. The van der Waals surface area contributed by atoms with Gasteiger partial charge in [0.2, 0.25) is 0 Å². The summed E-state index contributed by atoms with van der Waals surface area (Å²) in [7, 11) is 0. The molecule has 1 aliphatic heterocycles. The topological polar surface area (TPSA) is 33.2 Å². The summed E-state index contributed by atoms with van der Waals surface area (Å²) in [6.07, 6.45) is 1.40. The number of carbonyl (C=O) groups is 1. The number of carbonyl (C=O) groups excluding carboxylic acids is 1. The van der Waals surface area contributed by atoms with Crippen molar-refractivity contribution in [2.24, 2.45) is 0 Å². The molecule has 0 aromatic carbocycles. The van der Waals surface area contributed by atoms with E-state index in [1.54, 1.807) is 0 Å². The van der Waals surface area contributed by atoms with Gasteiger partial charge in [0, 0.05) is 10.7 Å². The molecule has 0 radical (unpaired) electrons. The first-order valence-corrected chi connectivity index (χ1v) is 5.54. The van der Waals surface area contributed by atoms with E-state index >= 15 is 0 Å². The van der Waals surface area contributed by atoms with E-state index in [1.807, 2.05) is 0 Å². The summed E-state index contributed by atoms with van der Waals surface area (Å²) in [5, 5.41) is 0.148. The molecule has 1 saturated heterocycles. The molecule has 0 spiro atoms. The van der Waals surface area contributed by atoms with E-state index in [0.29, 0.717) is 4.47 Å². The van der Waals surface area contributed by atoms with Crippen LogP contribution in [0.5, 0.6) is 0 Å². The van der Waals surface area contributed by atoms with Crippen molar-refractivity contribution in [1.29, 1.82) is 0 Å². The van der Waals surface area contributed by atoms with E-state index in [1.165, 1.54) is 12.3 Å². The number of rotatable bonds is 1. The third-order valence-electron chi connectivity index (χ3n) is 2.14. The minimum absolute atomic E-state index is 0.000340. The van der Waals surface area contributed by atoms with Crippen LogP contribution in [-0.2, 0) is 0 Å². The highest BCUT2D eigenvalue weighted by Crippen LogP contribution is 2.29. The van der Waals surface area contributed by atoms with Gasteiger partial charge in [0.25, 0.3) is 11.8 Å². The van der Waals surface area contributed by atoms with Crippen LogP contribution in [0.3, 0.4) is 0 Å². The SMILES string of the molecule is O=C(c1ncc(Br)cc1Cl)N1CC(F)(F)C1. The van der Waals surface area contributed by atoms with Gasteiger partial charge in [0.1, 0.15) is 5.69 Å². The van der Waals surface area contributed by atoms with Crippen molar-refractivity contribution in [1.82, 2.24) is 9.88 Å². The first-order chi connectivity index (χ1) is 7.39. The van der Waals surface area contributed by atoms with E-state index in [-0.39, 0.29) is 10.7 Å². The zero-order chi connectivity index (χ0) is 11.9. The zero-order valence-corrected chi connectivity index (χ0v) is 10.2. The zero-order valence-electron chi connectivity index (χ0n) is 7.88. The molecular weight excluding hydrogens is 305 g/mol. The Labute approximate surface area is 104 Å². The molecule has 16 heavy (non-hydrogen) atoms. The third-order valence-corrected chi connectivity index (χ3v) is 2.86. The van der Waals surface area contributed by atoms with Crippen LogP contribution < -0.4 is 0 Å². The lowest BCUT2D eigenvalue weighted by Gasteiger charge is -2.38. The van der Waals surface area contributed by atoms with Crippen molar-refractivity contribution in [2.75, 3.05) is 13.1 Å². The fourth-order valence-corrected chi connectivity index (χ4v) is 2.09. The van der Waals surface area contributed by atoms with Gasteiger partial charge in [-0.1, -0.05) is 11.6 Å². The van der Waals surface area contributed by atoms with Gasteiger partial charge in [-0.25, -0.2) is 13.8 Å². The van der Waals surface area contributed by atoms with Crippen molar-refractivity contribution >= 4 is 33.4 Å². The third kappa shape index (κ3) is 2.17. The molecule has 1 aromatic heterocycles. The Kier molecular flexibility index (Phi) is 2.88. The molecule has 0 aliphatic carbocycles. The van der Waals surface area contributed by atoms with Gasteiger partial charge in [0.15, 0.2) is 0 Å². The average molecular weight is 312 g/mol. The number of alkyl halides is 2. The van der Waals surface area contributed by atoms with Crippen LogP contribution in [0, 0.1) is 0 Å². The summed E-state index contributed by atoms with van der Waals surface area (Å²) in [6.45, 7) is -1.14. The smallest absolute Gasteiger partial charge is 0.282 e. The highest BCUT2D eigenvalue weighted by molar-refractivity contribution is 9.10. The average Bonchev–Trinajstić information content (AvgIpc) is 2.13. The molecular formula is C9H6BrClF2N2O. The maximum absolute atomic E-state index is 12.6. The van der Waals surface area contributed by atoms with Crippen molar-refractivity contribution in [3.63, 3.8) is 0 Å². The Bertz CT molecular complexity index is 447. The Balaban J connectivity index is 2.16. The number of likely N-dealkylation sites (tertiary alicyclic amines) is 1. The number of pyridine rings is 1. The van der Waals surface area contributed by atoms with Crippen LogP contribution in [0.2, 0.25) is 5.02 Å². The highest BCUT2D eigenvalue weighted by Gasteiger charge is 2.46. The summed E-state index contributed by atoms with van der Waals surface area (Å²) >= 11 is 8.93. The van der Waals surface area contributed by atoms with Crippen LogP contribution in [-0.4, -0.2) is 34.8 Å². The van der Waals surface area contributed by atoms with Crippen LogP contribution in [0.1, 0.15) is 10.5 Å². The van der Waals surface area contributed by atoms with Crippen molar-refractivity contribution in [2.45, 2.75) is 5.92 Å². The van der Waals surface area contributed by atoms with Gasteiger partial charge in [0.05, 0.1) is 18.1 Å². The molecule has 0 unspecified atom stereocenters. The Morgan fingerprint density at radius 2 is 2.19 bits per heavy atom. The van der Waals surface area contributed by atoms with Crippen LogP contribution in [0.15, 0.2) is 16.7 Å². The second-order valence-electron chi connectivity index (χ2n) is 3.50. The fourth-order valence-electron chi connectivity index (χ4n) is 1.38. The maximum atomic E-state index is 12.6. The summed E-state index contributed by atoms with van der Waals surface area (Å²) in [5.41, 5.74) is 0.000340. The largest absolute Gasteiger partial charge is 0.325 e. The maximum Gasteiger partial charge on any atom is 0.282 e. The predicted molar refractivity (Wildman–Crippen MR) is 57.8 cm³/mol. The summed E-state index contributed by atoms with van der Waals surface area (Å²) in [4.78, 5) is 16.5. The van der Waals surface area contributed by atoms with Gasteiger partial charge in [-0.2, -0.15) is 0 Å². The molecule has 2 heterocycles. The van der Waals surface area contributed by atoms with Gasteiger partial charge < -0.3 is 4.90 Å². The summed E-state index contributed by atoms with van der Waals surface area (Å²) < 4.78 is 25.8. The first kappa shape index (κ1) is 11.7. The second-order valence-corrected chi connectivity index (χ2v) is 4.82. The van der Waals surface area contributed by atoms with Crippen molar-refractivity contribution in [3.8, 4) is 0 Å². The van der Waals surface area contributed by atoms with Crippen molar-refractivity contribution < 1.29 is 13.6 Å². The lowest BCUT2D eigenvalue weighted by molar-refractivity contribution is -0.113. The normalized spacial score (nSPS) is 18.1. The number of amides is 1. The number of nitrogens with zero attached hydrogens (tertiary/aromatic N) is 2. The molecule has 0 saturated carbocycles. The Morgan fingerprint density at radius 3 is 2.69 bits per heavy atom. The first-order valence-electron chi connectivity index (χ1n) is 4.37. The number of halogens is 4. The number of hydrogen-bond donors (Lipinski definition) is 0. The van der Waals surface area contributed by atoms with E-state index in [4.69, 9.17) is 11.6 Å². The summed E-state index contributed by atoms with van der Waals surface area (Å²) in [5.74, 6) is -3.35. The molecule has 0 N–H and O–H groups in total. The van der Waals surface area contributed by atoms with Crippen LogP contribution in [0.25, 0.3) is 0 Å². The molecule has 3 nitrogen and oxygen atoms in total. The van der Waals surface area contributed by atoms with E-state index in [0.717, 1.165) is 4.90 Å². The quantitative estimate of drug-likeness (QED) is 0.799. The van der Waals surface area contributed by atoms with Crippen LogP contribution in [0.4, 0.5) is 8.78 Å². The van der Waals surface area contributed by atoms with Gasteiger partial charge >= 0.3 is 0 Å². The van der Waals surface area contributed by atoms with E-state index < -0.39 is 24.9 Å². The van der Waals surface area contributed by atoms with E-state index in [2.05, 4.69) is 20.9 Å². The predicted octanol–water partition coefficient (Wildman–Crippen LogP) is 2.59.